The second kappa shape index (κ2) is 7.04. The Morgan fingerprint density at radius 1 is 1.39 bits per heavy atom. The van der Waals surface area contributed by atoms with Crippen LogP contribution in [0.4, 0.5) is 0 Å². The minimum absolute atomic E-state index is 0.617. The van der Waals surface area contributed by atoms with Crippen molar-refractivity contribution < 1.29 is 0 Å². The lowest BCUT2D eigenvalue weighted by Gasteiger charge is -2.32. The predicted molar refractivity (Wildman–Crippen MR) is 83.2 cm³/mol. The van der Waals surface area contributed by atoms with Gasteiger partial charge in [0.1, 0.15) is 0 Å². The Morgan fingerprint density at radius 3 is 2.67 bits per heavy atom. The molecule has 2 heterocycles. The van der Waals surface area contributed by atoms with Crippen LogP contribution in [0.1, 0.15) is 32.3 Å². The summed E-state index contributed by atoms with van der Waals surface area (Å²) in [5, 5.41) is 7.89. The standard InChI is InChI=1S/C14H23BrN2S/c1-11(2)17(7-12-3-5-16-6-4-12)8-13-9-18-10-14(13)15/h9-12,16H,3-8H2,1-2H3. The van der Waals surface area contributed by atoms with Crippen LogP contribution in [-0.2, 0) is 6.54 Å². The van der Waals surface area contributed by atoms with Gasteiger partial charge in [-0.15, -0.1) is 0 Å². The van der Waals surface area contributed by atoms with Gasteiger partial charge in [-0.25, -0.2) is 0 Å². The summed E-state index contributed by atoms with van der Waals surface area (Å²) in [5.74, 6) is 0.867. The first kappa shape index (κ1) is 14.5. The summed E-state index contributed by atoms with van der Waals surface area (Å²) in [6.45, 7) is 9.31. The molecule has 1 aromatic heterocycles. The van der Waals surface area contributed by atoms with Gasteiger partial charge in [0, 0.05) is 29.0 Å². The molecule has 0 radical (unpaired) electrons. The van der Waals surface area contributed by atoms with Crippen LogP contribution in [0, 0.1) is 5.92 Å². The number of hydrogen-bond acceptors (Lipinski definition) is 3. The van der Waals surface area contributed by atoms with Crippen LogP contribution < -0.4 is 5.32 Å². The molecule has 1 aliphatic rings. The highest BCUT2D eigenvalue weighted by molar-refractivity contribution is 9.10. The fraction of sp³-hybridized carbons (Fsp3) is 0.714. The number of nitrogens with one attached hydrogen (secondary N) is 1. The molecule has 1 aliphatic heterocycles. The summed E-state index contributed by atoms with van der Waals surface area (Å²) in [6, 6.07) is 0.617. The highest BCUT2D eigenvalue weighted by Crippen LogP contribution is 2.24. The maximum atomic E-state index is 3.64. The smallest absolute Gasteiger partial charge is 0.0327 e. The third kappa shape index (κ3) is 4.05. The van der Waals surface area contributed by atoms with Crippen molar-refractivity contribution in [3.63, 3.8) is 0 Å². The molecule has 1 aromatic rings. The Labute approximate surface area is 123 Å². The Hall–Kier alpha value is 0.1000. The van der Waals surface area contributed by atoms with Crippen molar-refractivity contribution in [1.82, 2.24) is 10.2 Å². The third-order valence-electron chi connectivity index (χ3n) is 3.74. The molecule has 1 fully saturated rings. The topological polar surface area (TPSA) is 15.3 Å². The zero-order valence-corrected chi connectivity index (χ0v) is 13.7. The monoisotopic (exact) mass is 330 g/mol. The summed E-state index contributed by atoms with van der Waals surface area (Å²) >= 11 is 5.43. The summed E-state index contributed by atoms with van der Waals surface area (Å²) in [5.41, 5.74) is 1.43. The van der Waals surface area contributed by atoms with Crippen molar-refractivity contribution >= 4 is 27.3 Å². The second-order valence-corrected chi connectivity index (χ2v) is 7.06. The molecular formula is C14H23BrN2S. The molecule has 0 saturated carbocycles. The third-order valence-corrected chi connectivity index (χ3v) is 5.58. The van der Waals surface area contributed by atoms with Crippen LogP contribution >= 0.6 is 27.3 Å². The number of hydrogen-bond donors (Lipinski definition) is 1. The van der Waals surface area contributed by atoms with Crippen molar-refractivity contribution in [3.8, 4) is 0 Å². The van der Waals surface area contributed by atoms with Gasteiger partial charge in [-0.1, -0.05) is 0 Å². The maximum absolute atomic E-state index is 3.64. The highest BCUT2D eigenvalue weighted by Gasteiger charge is 2.19. The molecule has 0 atom stereocenters. The molecule has 0 bridgehead atoms. The molecule has 1 N–H and O–H groups in total. The van der Waals surface area contributed by atoms with Gasteiger partial charge >= 0.3 is 0 Å². The van der Waals surface area contributed by atoms with Crippen LogP contribution in [0.15, 0.2) is 15.2 Å². The normalized spacial score (nSPS) is 17.8. The zero-order chi connectivity index (χ0) is 13.0. The van der Waals surface area contributed by atoms with Crippen LogP contribution in [0.2, 0.25) is 0 Å². The largest absolute Gasteiger partial charge is 0.317 e. The van der Waals surface area contributed by atoms with Gasteiger partial charge in [0.15, 0.2) is 0 Å². The van der Waals surface area contributed by atoms with Crippen molar-refractivity contribution in [2.24, 2.45) is 5.92 Å². The van der Waals surface area contributed by atoms with E-state index < -0.39 is 0 Å². The molecule has 0 aliphatic carbocycles. The minimum atomic E-state index is 0.617. The summed E-state index contributed by atoms with van der Waals surface area (Å²) < 4.78 is 1.27. The highest BCUT2D eigenvalue weighted by atomic mass is 79.9. The molecule has 4 heteroatoms. The predicted octanol–water partition coefficient (Wildman–Crippen LogP) is 3.72. The molecule has 2 nitrogen and oxygen atoms in total. The summed E-state index contributed by atoms with van der Waals surface area (Å²) in [7, 11) is 0. The number of rotatable bonds is 5. The Morgan fingerprint density at radius 2 is 2.11 bits per heavy atom. The quantitative estimate of drug-likeness (QED) is 0.885. The van der Waals surface area contributed by atoms with Crippen LogP contribution in [0.5, 0.6) is 0 Å². The number of piperidine rings is 1. The molecular weight excluding hydrogens is 308 g/mol. The molecule has 1 saturated heterocycles. The van der Waals surface area contributed by atoms with Crippen molar-refractivity contribution in [3.05, 3.63) is 20.8 Å². The van der Waals surface area contributed by atoms with Crippen LogP contribution in [0.3, 0.4) is 0 Å². The van der Waals surface area contributed by atoms with Gasteiger partial charge in [-0.05, 0) is 72.6 Å². The molecule has 18 heavy (non-hydrogen) atoms. The summed E-state index contributed by atoms with van der Waals surface area (Å²) in [6.07, 6.45) is 2.65. The lowest BCUT2D eigenvalue weighted by Crippen LogP contribution is -2.39. The molecule has 0 unspecified atom stereocenters. The van der Waals surface area contributed by atoms with E-state index in [-0.39, 0.29) is 0 Å². The first-order valence-electron chi connectivity index (χ1n) is 6.82. The van der Waals surface area contributed by atoms with E-state index in [2.05, 4.69) is 50.8 Å². The lowest BCUT2D eigenvalue weighted by molar-refractivity contribution is 0.161. The molecule has 0 aromatic carbocycles. The molecule has 0 amide bonds. The molecule has 2 rings (SSSR count). The first-order chi connectivity index (χ1) is 8.66. The van der Waals surface area contributed by atoms with E-state index in [4.69, 9.17) is 0 Å². The Bertz CT molecular complexity index is 358. The van der Waals surface area contributed by atoms with Crippen LogP contribution in [0.25, 0.3) is 0 Å². The van der Waals surface area contributed by atoms with E-state index in [1.165, 1.54) is 42.5 Å². The SMILES string of the molecule is CC(C)N(Cc1cscc1Br)CC1CCNCC1. The molecule has 102 valence electrons. The number of halogens is 1. The average Bonchev–Trinajstić information content (AvgIpc) is 2.75. The Balaban J connectivity index is 1.93. The van der Waals surface area contributed by atoms with Gasteiger partial charge < -0.3 is 5.32 Å². The van der Waals surface area contributed by atoms with Crippen LogP contribution in [-0.4, -0.2) is 30.6 Å². The van der Waals surface area contributed by atoms with Gasteiger partial charge in [-0.3, -0.25) is 4.90 Å². The van der Waals surface area contributed by atoms with Gasteiger partial charge in [0.25, 0.3) is 0 Å². The zero-order valence-electron chi connectivity index (χ0n) is 11.3. The van der Waals surface area contributed by atoms with E-state index in [9.17, 15) is 0 Å². The fourth-order valence-corrected chi connectivity index (χ4v) is 3.91. The molecule has 0 spiro atoms. The lowest BCUT2D eigenvalue weighted by atomic mass is 9.97. The van der Waals surface area contributed by atoms with Crippen molar-refractivity contribution in [2.75, 3.05) is 19.6 Å². The maximum Gasteiger partial charge on any atom is 0.0327 e. The average molecular weight is 331 g/mol. The van der Waals surface area contributed by atoms with E-state index in [0.29, 0.717) is 6.04 Å². The first-order valence-corrected chi connectivity index (χ1v) is 8.55. The van der Waals surface area contributed by atoms with Gasteiger partial charge in [-0.2, -0.15) is 11.3 Å². The van der Waals surface area contributed by atoms with E-state index in [1.54, 1.807) is 11.3 Å². The van der Waals surface area contributed by atoms with Gasteiger partial charge in [0.2, 0.25) is 0 Å². The van der Waals surface area contributed by atoms with E-state index >= 15 is 0 Å². The Kier molecular flexibility index (Phi) is 5.67. The van der Waals surface area contributed by atoms with E-state index in [1.807, 2.05) is 0 Å². The fourth-order valence-electron chi connectivity index (χ4n) is 2.49. The number of nitrogens with zero attached hydrogens (tertiary/aromatic N) is 1. The summed E-state index contributed by atoms with van der Waals surface area (Å²) in [4.78, 5) is 2.61. The van der Waals surface area contributed by atoms with Crippen molar-refractivity contribution in [2.45, 2.75) is 39.3 Å². The minimum Gasteiger partial charge on any atom is -0.317 e. The van der Waals surface area contributed by atoms with E-state index in [0.717, 1.165) is 12.5 Å². The second-order valence-electron chi connectivity index (χ2n) is 5.46. The van der Waals surface area contributed by atoms with Crippen molar-refractivity contribution in [1.29, 1.82) is 0 Å². The van der Waals surface area contributed by atoms with Gasteiger partial charge in [0.05, 0.1) is 0 Å². The number of thiophene rings is 1.